The number of rotatable bonds is 4. The topological polar surface area (TPSA) is 103 Å². The van der Waals surface area contributed by atoms with Gasteiger partial charge in [-0.25, -0.2) is 14.8 Å². The second kappa shape index (κ2) is 6.36. The van der Waals surface area contributed by atoms with Gasteiger partial charge in [0.1, 0.15) is 5.82 Å². The average Bonchev–Trinajstić information content (AvgIpc) is 2.99. The van der Waals surface area contributed by atoms with Gasteiger partial charge in [-0.2, -0.15) is 0 Å². The average molecular weight is 346 g/mol. The lowest BCUT2D eigenvalue weighted by Crippen LogP contribution is -2.38. The number of fused-ring (bicyclic) bond motifs is 1. The van der Waals surface area contributed by atoms with Crippen LogP contribution in [0.5, 0.6) is 0 Å². The number of thioether (sulfide) groups is 1. The third-order valence-corrected chi connectivity index (χ3v) is 4.46. The molecule has 1 amide bonds. The van der Waals surface area contributed by atoms with E-state index >= 15 is 0 Å². The molecule has 0 aliphatic heterocycles. The molecule has 0 unspecified atom stereocenters. The van der Waals surface area contributed by atoms with Crippen LogP contribution in [0.25, 0.3) is 11.0 Å². The van der Waals surface area contributed by atoms with Gasteiger partial charge in [-0.3, -0.25) is 18.7 Å². The minimum atomic E-state index is -0.491. The summed E-state index contributed by atoms with van der Waals surface area (Å²) >= 11 is 1.30. The number of carbonyl (C=O) groups is 1. The van der Waals surface area contributed by atoms with Gasteiger partial charge in [0.15, 0.2) is 11.0 Å². The zero-order valence-electron chi connectivity index (χ0n) is 13.1. The zero-order valence-corrected chi connectivity index (χ0v) is 13.9. The zero-order chi connectivity index (χ0) is 17.3. The van der Waals surface area contributed by atoms with Crippen molar-refractivity contribution in [3.63, 3.8) is 0 Å². The van der Waals surface area contributed by atoms with Crippen molar-refractivity contribution in [3.05, 3.63) is 51.2 Å². The number of aromatic amines is 2. The van der Waals surface area contributed by atoms with E-state index in [2.05, 4.69) is 15.3 Å². The van der Waals surface area contributed by atoms with E-state index in [1.54, 1.807) is 0 Å². The largest absolute Gasteiger partial charge is 0.332 e. The van der Waals surface area contributed by atoms with E-state index in [1.165, 1.54) is 36.5 Å². The van der Waals surface area contributed by atoms with Gasteiger partial charge in [-0.05, 0) is 23.9 Å². The third-order valence-electron chi connectivity index (χ3n) is 3.56. The van der Waals surface area contributed by atoms with Crippen LogP contribution in [0.15, 0.2) is 45.1 Å². The Bertz CT molecular complexity index is 1000. The van der Waals surface area contributed by atoms with Crippen LogP contribution < -0.4 is 21.5 Å². The molecular weight excluding hydrogens is 330 g/mol. The number of nitrogens with one attached hydrogen (secondary N) is 3. The lowest BCUT2D eigenvalue weighted by molar-refractivity contribution is -0.396. The van der Waals surface area contributed by atoms with Crippen molar-refractivity contribution in [3.8, 4) is 0 Å². The van der Waals surface area contributed by atoms with E-state index in [4.69, 9.17) is 0 Å². The Morgan fingerprint density at radius 2 is 2.00 bits per heavy atom. The highest BCUT2D eigenvalue weighted by Gasteiger charge is 2.14. The molecule has 2 heterocycles. The van der Waals surface area contributed by atoms with Crippen molar-refractivity contribution < 1.29 is 9.78 Å². The van der Waals surface area contributed by atoms with Gasteiger partial charge >= 0.3 is 10.8 Å². The summed E-state index contributed by atoms with van der Waals surface area (Å²) in [6.07, 6.45) is 0. The number of anilines is 1. The summed E-state index contributed by atoms with van der Waals surface area (Å²) in [5, 5.41) is 3.34. The number of H-pyrrole nitrogens is 2. The molecule has 0 radical (unpaired) electrons. The van der Waals surface area contributed by atoms with Gasteiger partial charge < -0.3 is 5.32 Å². The van der Waals surface area contributed by atoms with Crippen molar-refractivity contribution in [1.82, 2.24) is 14.1 Å². The van der Waals surface area contributed by atoms with Gasteiger partial charge in [-0.15, -0.1) is 0 Å². The Morgan fingerprint density at radius 3 is 2.75 bits per heavy atom. The number of hydrogen-bond donors (Lipinski definition) is 2. The Morgan fingerprint density at radius 1 is 1.25 bits per heavy atom. The van der Waals surface area contributed by atoms with Crippen LogP contribution >= 0.6 is 11.8 Å². The highest BCUT2D eigenvalue weighted by molar-refractivity contribution is 7.99. The lowest BCUT2D eigenvalue weighted by atomic mass is 10.3. The predicted octanol–water partition coefficient (Wildman–Crippen LogP) is 0.110. The number of nitrogens with zero attached hydrogens (tertiary/aromatic N) is 2. The SMILES string of the molecule is Cn1c(NC(=O)CSc2[nH]c3ccccc3[nH+]2)cc(=O)n(C)c1=O. The van der Waals surface area contributed by atoms with Crippen LogP contribution in [0.2, 0.25) is 0 Å². The first-order chi connectivity index (χ1) is 11.5. The summed E-state index contributed by atoms with van der Waals surface area (Å²) in [7, 11) is 2.88. The minimum Gasteiger partial charge on any atom is -0.311 e. The number of para-hydroxylation sites is 2. The van der Waals surface area contributed by atoms with Crippen LogP contribution in [0.3, 0.4) is 0 Å². The fourth-order valence-electron chi connectivity index (χ4n) is 2.22. The maximum Gasteiger partial charge on any atom is 0.332 e. The van der Waals surface area contributed by atoms with Gasteiger partial charge in [0.2, 0.25) is 5.91 Å². The fraction of sp³-hybridized carbons (Fsp3) is 0.200. The monoisotopic (exact) mass is 346 g/mol. The molecule has 1 aromatic carbocycles. The Kier molecular flexibility index (Phi) is 4.26. The molecule has 124 valence electrons. The number of imidazole rings is 1. The maximum absolute atomic E-state index is 12.1. The molecular formula is C15H16N5O3S+. The van der Waals surface area contributed by atoms with Crippen molar-refractivity contribution >= 4 is 34.5 Å². The summed E-state index contributed by atoms with van der Waals surface area (Å²) in [5.41, 5.74) is 0.947. The summed E-state index contributed by atoms with van der Waals surface area (Å²) in [5.74, 6) is -0.00293. The number of hydrogen-bond acceptors (Lipinski definition) is 4. The molecule has 3 aromatic rings. The maximum atomic E-state index is 12.1. The highest BCUT2D eigenvalue weighted by atomic mass is 32.2. The van der Waals surface area contributed by atoms with Crippen LogP contribution in [0, 0.1) is 0 Å². The molecule has 24 heavy (non-hydrogen) atoms. The molecule has 2 aromatic heterocycles. The fourth-order valence-corrected chi connectivity index (χ4v) is 2.93. The molecule has 8 nitrogen and oxygen atoms in total. The number of carbonyl (C=O) groups excluding carboxylic acids is 1. The van der Waals surface area contributed by atoms with Crippen molar-refractivity contribution in [2.24, 2.45) is 14.1 Å². The number of amides is 1. The molecule has 0 bridgehead atoms. The van der Waals surface area contributed by atoms with Crippen molar-refractivity contribution in [2.75, 3.05) is 11.1 Å². The summed E-state index contributed by atoms with van der Waals surface area (Å²) in [6, 6.07) is 8.94. The van der Waals surface area contributed by atoms with Gasteiger partial charge in [0.25, 0.3) is 5.56 Å². The first-order valence-electron chi connectivity index (χ1n) is 7.15. The molecule has 0 saturated heterocycles. The summed E-state index contributed by atoms with van der Waals surface area (Å²) < 4.78 is 2.20. The molecule has 0 spiro atoms. The number of benzene rings is 1. The quantitative estimate of drug-likeness (QED) is 0.655. The second-order valence-electron chi connectivity index (χ2n) is 5.23. The Hall–Kier alpha value is -2.81. The number of aromatic nitrogens is 4. The predicted molar refractivity (Wildman–Crippen MR) is 91.1 cm³/mol. The summed E-state index contributed by atoms with van der Waals surface area (Å²) in [6.45, 7) is 0. The third kappa shape index (κ3) is 3.11. The Balaban J connectivity index is 1.70. The van der Waals surface area contributed by atoms with Gasteiger partial charge in [-0.1, -0.05) is 12.1 Å². The van der Waals surface area contributed by atoms with E-state index in [0.29, 0.717) is 0 Å². The lowest BCUT2D eigenvalue weighted by Gasteiger charge is -2.09. The van der Waals surface area contributed by atoms with Crippen LogP contribution in [-0.2, 0) is 18.9 Å². The standard InChI is InChI=1S/C15H15N5O3S/c1-19-11(7-13(22)20(2)15(19)23)18-12(21)8-24-14-16-9-5-3-4-6-10(9)17-14/h3-7H,8H2,1-2H3,(H,16,17)(H,18,21)/p+1. The molecule has 9 heteroatoms. The summed E-state index contributed by atoms with van der Waals surface area (Å²) in [4.78, 5) is 41.9. The van der Waals surface area contributed by atoms with E-state index < -0.39 is 11.2 Å². The van der Waals surface area contributed by atoms with E-state index in [9.17, 15) is 14.4 Å². The second-order valence-corrected chi connectivity index (χ2v) is 6.22. The van der Waals surface area contributed by atoms with Crippen LogP contribution in [0.1, 0.15) is 0 Å². The highest BCUT2D eigenvalue weighted by Crippen LogP contribution is 2.15. The van der Waals surface area contributed by atoms with Crippen LogP contribution in [0.4, 0.5) is 5.82 Å². The first kappa shape index (κ1) is 16.1. The van der Waals surface area contributed by atoms with Gasteiger partial charge in [0, 0.05) is 20.2 Å². The van der Waals surface area contributed by atoms with E-state index in [0.717, 1.165) is 20.8 Å². The molecule has 3 rings (SSSR count). The molecule has 0 fully saturated rings. The Labute approximate surface area is 140 Å². The molecule has 0 aliphatic rings. The molecule has 3 N–H and O–H groups in total. The molecule has 0 saturated carbocycles. The van der Waals surface area contributed by atoms with E-state index in [1.807, 2.05) is 24.3 Å². The minimum absolute atomic E-state index is 0.132. The van der Waals surface area contributed by atoms with Gasteiger partial charge in [0.05, 0.1) is 5.75 Å². The van der Waals surface area contributed by atoms with Crippen LogP contribution in [-0.4, -0.2) is 25.8 Å². The smallest absolute Gasteiger partial charge is 0.311 e. The van der Waals surface area contributed by atoms with Crippen molar-refractivity contribution in [2.45, 2.75) is 5.16 Å². The van der Waals surface area contributed by atoms with Crippen molar-refractivity contribution in [1.29, 1.82) is 0 Å². The normalized spacial score (nSPS) is 10.9. The molecule has 0 aliphatic carbocycles. The van der Waals surface area contributed by atoms with E-state index in [-0.39, 0.29) is 17.5 Å². The first-order valence-corrected chi connectivity index (χ1v) is 8.14. The molecule has 0 atom stereocenters.